The Morgan fingerprint density at radius 2 is 2.13 bits per heavy atom. The Labute approximate surface area is 229 Å². The maximum absolute atomic E-state index is 11.5. The summed E-state index contributed by atoms with van der Waals surface area (Å²) in [5, 5.41) is 8.30. The van der Waals surface area contributed by atoms with E-state index in [1.165, 1.54) is 36.8 Å². The molecule has 1 N–H and O–H groups in total. The number of rotatable bonds is 9. The number of thioether (sulfide) groups is 1. The molecule has 11 nitrogen and oxygen atoms in total. The average Bonchev–Trinajstić information content (AvgIpc) is 3.61. The van der Waals surface area contributed by atoms with Crippen LogP contribution in [0.1, 0.15) is 61.8 Å². The van der Waals surface area contributed by atoms with Crippen LogP contribution in [0.5, 0.6) is 11.5 Å². The van der Waals surface area contributed by atoms with Gasteiger partial charge in [-0.2, -0.15) is 9.47 Å². The Morgan fingerprint density at radius 3 is 2.87 bits per heavy atom. The van der Waals surface area contributed by atoms with Crippen LogP contribution in [0.4, 0.5) is 10.9 Å². The first-order chi connectivity index (χ1) is 18.4. The lowest BCUT2D eigenvalue weighted by Gasteiger charge is -2.31. The predicted molar refractivity (Wildman–Crippen MR) is 143 cm³/mol. The summed E-state index contributed by atoms with van der Waals surface area (Å²) in [5.41, 5.74) is 1.67. The topological polar surface area (TPSA) is 123 Å². The van der Waals surface area contributed by atoms with Gasteiger partial charge in [-0.1, -0.05) is 6.42 Å². The van der Waals surface area contributed by atoms with Gasteiger partial charge < -0.3 is 24.3 Å². The van der Waals surface area contributed by atoms with E-state index in [-0.39, 0.29) is 12.1 Å². The van der Waals surface area contributed by atoms with Crippen molar-refractivity contribution in [1.29, 1.82) is 0 Å². The molecule has 0 amide bonds. The number of ether oxygens (including phenoxy) is 4. The highest BCUT2D eigenvalue weighted by molar-refractivity contribution is 7.99. The van der Waals surface area contributed by atoms with Gasteiger partial charge in [-0.3, -0.25) is 9.48 Å². The molecule has 1 unspecified atom stereocenters. The molecule has 0 bridgehead atoms. The van der Waals surface area contributed by atoms with Crippen molar-refractivity contribution in [2.24, 2.45) is 7.05 Å². The lowest BCUT2D eigenvalue weighted by molar-refractivity contribution is -0.188. The van der Waals surface area contributed by atoms with Gasteiger partial charge in [-0.15, -0.1) is 11.8 Å². The minimum absolute atomic E-state index is 0.250. The molecule has 0 radical (unpaired) electrons. The van der Waals surface area contributed by atoms with Crippen molar-refractivity contribution in [3.8, 4) is 11.5 Å². The number of methoxy groups -OCH3 is 1. The zero-order chi connectivity index (χ0) is 26.7. The van der Waals surface area contributed by atoms with Crippen molar-refractivity contribution in [3.05, 3.63) is 29.5 Å². The van der Waals surface area contributed by atoms with Crippen LogP contribution in [-0.2, 0) is 26.1 Å². The van der Waals surface area contributed by atoms with Gasteiger partial charge in [0.2, 0.25) is 5.13 Å². The number of carbonyl (C=O) groups is 1. The van der Waals surface area contributed by atoms with E-state index >= 15 is 0 Å². The van der Waals surface area contributed by atoms with Crippen LogP contribution in [0.2, 0.25) is 0 Å². The van der Waals surface area contributed by atoms with Gasteiger partial charge in [0, 0.05) is 48.3 Å². The molecule has 204 valence electrons. The van der Waals surface area contributed by atoms with Crippen LogP contribution >= 0.6 is 23.3 Å². The molecule has 2 fully saturated rings. The van der Waals surface area contributed by atoms with E-state index in [4.69, 9.17) is 18.9 Å². The Balaban J connectivity index is 1.34. The van der Waals surface area contributed by atoms with E-state index in [0.29, 0.717) is 47.1 Å². The Bertz CT molecular complexity index is 1290. The fourth-order valence-corrected chi connectivity index (χ4v) is 6.03. The minimum atomic E-state index is -0.481. The van der Waals surface area contributed by atoms with Gasteiger partial charge in [0.05, 0.1) is 25.8 Å². The third-order valence-corrected chi connectivity index (χ3v) is 8.32. The van der Waals surface area contributed by atoms with Crippen molar-refractivity contribution in [2.45, 2.75) is 69.2 Å². The molecule has 4 heterocycles. The smallest absolute Gasteiger partial charge is 0.306 e. The second-order valence-corrected chi connectivity index (χ2v) is 11.3. The number of carbonyl (C=O) groups excluding carboxylic acids is 1. The van der Waals surface area contributed by atoms with Crippen molar-refractivity contribution in [2.75, 3.05) is 24.8 Å². The molecule has 1 saturated carbocycles. The molecule has 13 heteroatoms. The van der Waals surface area contributed by atoms with E-state index in [9.17, 15) is 4.79 Å². The third kappa shape index (κ3) is 5.95. The van der Waals surface area contributed by atoms with Crippen LogP contribution in [-0.4, -0.2) is 55.3 Å². The van der Waals surface area contributed by atoms with Gasteiger partial charge in [0.1, 0.15) is 11.8 Å². The van der Waals surface area contributed by atoms with Gasteiger partial charge in [0.25, 0.3) is 0 Å². The summed E-state index contributed by atoms with van der Waals surface area (Å²) >= 11 is 2.74. The molecule has 38 heavy (non-hydrogen) atoms. The molecule has 2 aliphatic rings. The fourth-order valence-electron chi connectivity index (χ4n) is 4.60. The second kappa shape index (κ2) is 11.6. The monoisotopic (exact) mass is 560 g/mol. The SMILES string of the molecule is COC(=O)CCSc1cnc(Nc2nc(C3COC4(CCCCC4)O3)ns2)c(Oc2c(C)nn(C)c2C)c1. The number of nitrogens with zero attached hydrogens (tertiary/aromatic N) is 5. The first kappa shape index (κ1) is 26.9. The van der Waals surface area contributed by atoms with E-state index in [2.05, 4.69) is 24.8 Å². The van der Waals surface area contributed by atoms with Crippen LogP contribution in [0, 0.1) is 13.8 Å². The highest BCUT2D eigenvalue weighted by Gasteiger charge is 2.44. The maximum Gasteiger partial charge on any atom is 0.306 e. The van der Waals surface area contributed by atoms with Crippen LogP contribution < -0.4 is 10.1 Å². The van der Waals surface area contributed by atoms with Crippen molar-refractivity contribution in [1.82, 2.24) is 24.1 Å². The Hall–Kier alpha value is -2.74. The molecule has 3 aromatic rings. The summed E-state index contributed by atoms with van der Waals surface area (Å²) in [6, 6.07) is 1.89. The van der Waals surface area contributed by atoms with Gasteiger partial charge in [0.15, 0.2) is 28.9 Å². The summed E-state index contributed by atoms with van der Waals surface area (Å²) in [6.07, 6.45) is 7.05. The number of aromatic nitrogens is 5. The van der Waals surface area contributed by atoms with E-state index < -0.39 is 5.79 Å². The third-order valence-electron chi connectivity index (χ3n) is 6.71. The zero-order valence-corrected chi connectivity index (χ0v) is 23.6. The number of anilines is 2. The standard InChI is InChI=1S/C25H32N6O5S2/c1-15-21(16(2)31(3)29-15)35-18-12-17(37-11-8-20(32)33-4)13-26-22(18)27-24-28-23(30-38-24)19-14-34-25(36-19)9-6-5-7-10-25/h12-13,19H,5-11,14H2,1-4H3,(H,26,27,28,30). The summed E-state index contributed by atoms with van der Waals surface area (Å²) in [6.45, 7) is 4.31. The average molecular weight is 561 g/mol. The first-order valence-corrected chi connectivity index (χ1v) is 14.4. The van der Waals surface area contributed by atoms with Crippen molar-refractivity contribution < 1.29 is 23.7 Å². The van der Waals surface area contributed by atoms with Gasteiger partial charge >= 0.3 is 5.97 Å². The largest absolute Gasteiger partial charge is 0.469 e. The van der Waals surface area contributed by atoms with E-state index in [1.54, 1.807) is 10.9 Å². The summed E-state index contributed by atoms with van der Waals surface area (Å²) < 4.78 is 29.7. The molecule has 1 spiro atoms. The lowest BCUT2D eigenvalue weighted by Crippen LogP contribution is -2.32. The molecule has 1 saturated heterocycles. The number of nitrogens with one attached hydrogen (secondary N) is 1. The van der Waals surface area contributed by atoms with Crippen molar-refractivity contribution >= 4 is 40.2 Å². The minimum Gasteiger partial charge on any atom is -0.469 e. The molecular formula is C25H32N6O5S2. The molecule has 1 atom stereocenters. The highest BCUT2D eigenvalue weighted by Crippen LogP contribution is 2.43. The molecule has 3 aromatic heterocycles. The normalized spacial score (nSPS) is 18.6. The number of pyridine rings is 1. The molecule has 0 aromatic carbocycles. The van der Waals surface area contributed by atoms with Crippen LogP contribution in [0.3, 0.4) is 0 Å². The molecule has 5 rings (SSSR count). The van der Waals surface area contributed by atoms with Crippen LogP contribution in [0.25, 0.3) is 0 Å². The number of hydrogen-bond acceptors (Lipinski definition) is 12. The fraction of sp³-hybridized carbons (Fsp3) is 0.560. The summed E-state index contributed by atoms with van der Waals surface area (Å²) in [7, 11) is 3.26. The number of esters is 1. The number of aryl methyl sites for hydroxylation is 2. The summed E-state index contributed by atoms with van der Waals surface area (Å²) in [4.78, 5) is 21.7. The zero-order valence-electron chi connectivity index (χ0n) is 22.0. The van der Waals surface area contributed by atoms with E-state index in [0.717, 1.165) is 42.0 Å². The van der Waals surface area contributed by atoms with Crippen molar-refractivity contribution in [3.63, 3.8) is 0 Å². The van der Waals surface area contributed by atoms with Gasteiger partial charge in [-0.05, 0) is 32.8 Å². The molecule has 1 aliphatic heterocycles. The first-order valence-electron chi connectivity index (χ1n) is 12.7. The van der Waals surface area contributed by atoms with E-state index in [1.807, 2.05) is 27.0 Å². The van der Waals surface area contributed by atoms with Crippen LogP contribution in [0.15, 0.2) is 17.2 Å². The Morgan fingerprint density at radius 1 is 1.32 bits per heavy atom. The quantitative estimate of drug-likeness (QED) is 0.274. The maximum atomic E-state index is 11.5. The second-order valence-electron chi connectivity index (χ2n) is 9.39. The molecule has 1 aliphatic carbocycles. The number of hydrogen-bond donors (Lipinski definition) is 1. The molecular weight excluding hydrogens is 528 g/mol. The van der Waals surface area contributed by atoms with Gasteiger partial charge in [-0.25, -0.2) is 9.97 Å². The Kier molecular flexibility index (Phi) is 8.17. The predicted octanol–water partition coefficient (Wildman–Crippen LogP) is 5.22. The summed E-state index contributed by atoms with van der Waals surface area (Å²) in [5.74, 6) is 2.13. The highest BCUT2D eigenvalue weighted by atomic mass is 32.2. The lowest BCUT2D eigenvalue weighted by atomic mass is 9.94.